The van der Waals surface area contributed by atoms with Crippen LogP contribution >= 0.6 is 0 Å². The number of fused-ring (bicyclic) bond motifs is 1. The van der Waals surface area contributed by atoms with Crippen molar-refractivity contribution in [3.05, 3.63) is 58.9 Å². The fourth-order valence-electron chi connectivity index (χ4n) is 1.97. The first kappa shape index (κ1) is 9.84. The average molecular weight is 225 g/mol. The van der Waals surface area contributed by atoms with Crippen LogP contribution in [0.3, 0.4) is 0 Å². The molecular weight excluding hydrogens is 214 g/mol. The molecule has 0 saturated carbocycles. The predicted molar refractivity (Wildman–Crippen MR) is 66.0 cm³/mol. The lowest BCUT2D eigenvalue weighted by molar-refractivity contribution is 1.13. The van der Waals surface area contributed by atoms with Gasteiger partial charge in [-0.1, -0.05) is 0 Å². The molecular formula is C13H11N3O. The highest BCUT2D eigenvalue weighted by Crippen LogP contribution is 2.21. The van der Waals surface area contributed by atoms with Crippen LogP contribution in [0.1, 0.15) is 5.69 Å². The summed E-state index contributed by atoms with van der Waals surface area (Å²) in [4.78, 5) is 18.2. The van der Waals surface area contributed by atoms with Gasteiger partial charge in [-0.25, -0.2) is 4.98 Å². The van der Waals surface area contributed by atoms with E-state index < -0.39 is 0 Å². The Morgan fingerprint density at radius 3 is 2.94 bits per heavy atom. The van der Waals surface area contributed by atoms with Gasteiger partial charge >= 0.3 is 0 Å². The van der Waals surface area contributed by atoms with E-state index in [0.717, 1.165) is 22.5 Å². The Morgan fingerprint density at radius 1 is 1.24 bits per heavy atom. The van der Waals surface area contributed by atoms with E-state index in [9.17, 15) is 4.79 Å². The van der Waals surface area contributed by atoms with Crippen molar-refractivity contribution in [1.82, 2.24) is 14.4 Å². The third-order valence-electron chi connectivity index (χ3n) is 2.82. The number of aromatic nitrogens is 3. The molecule has 3 rings (SSSR count). The lowest BCUT2D eigenvalue weighted by Gasteiger charge is -2.05. The summed E-state index contributed by atoms with van der Waals surface area (Å²) < 4.78 is 1.96. The molecule has 3 aromatic heterocycles. The van der Waals surface area contributed by atoms with E-state index in [4.69, 9.17) is 0 Å². The first-order chi connectivity index (χ1) is 8.24. The second kappa shape index (κ2) is 3.59. The molecule has 0 radical (unpaired) electrons. The normalized spacial score (nSPS) is 10.9. The van der Waals surface area contributed by atoms with Crippen molar-refractivity contribution in [1.29, 1.82) is 0 Å². The molecule has 3 aromatic rings. The van der Waals surface area contributed by atoms with Gasteiger partial charge in [-0.05, 0) is 25.1 Å². The number of H-pyrrole nitrogens is 1. The summed E-state index contributed by atoms with van der Waals surface area (Å²) in [6.07, 6.45) is 5.67. The van der Waals surface area contributed by atoms with Crippen LogP contribution < -0.4 is 5.56 Å². The molecule has 3 heterocycles. The van der Waals surface area contributed by atoms with Crippen molar-refractivity contribution in [3.8, 4) is 11.1 Å². The molecule has 0 aliphatic rings. The Balaban J connectivity index is 2.22. The number of pyridine rings is 2. The minimum Gasteiger partial charge on any atom is -0.326 e. The van der Waals surface area contributed by atoms with Crippen LogP contribution in [-0.2, 0) is 0 Å². The average Bonchev–Trinajstić information content (AvgIpc) is 2.75. The largest absolute Gasteiger partial charge is 0.326 e. The van der Waals surface area contributed by atoms with Crippen molar-refractivity contribution in [2.75, 3.05) is 0 Å². The zero-order valence-corrected chi connectivity index (χ0v) is 9.34. The molecule has 0 bridgehead atoms. The highest BCUT2D eigenvalue weighted by Gasteiger charge is 2.03. The Hall–Kier alpha value is -2.36. The highest BCUT2D eigenvalue weighted by atomic mass is 16.1. The monoisotopic (exact) mass is 225 g/mol. The fourth-order valence-corrected chi connectivity index (χ4v) is 1.97. The minimum absolute atomic E-state index is 0.0741. The third-order valence-corrected chi connectivity index (χ3v) is 2.82. The molecule has 84 valence electrons. The second-order valence-electron chi connectivity index (χ2n) is 3.97. The zero-order chi connectivity index (χ0) is 11.8. The lowest BCUT2D eigenvalue weighted by Crippen LogP contribution is -2.05. The second-order valence-corrected chi connectivity index (χ2v) is 3.97. The van der Waals surface area contributed by atoms with Gasteiger partial charge in [-0.2, -0.15) is 0 Å². The molecule has 0 fully saturated rings. The molecule has 1 N–H and O–H groups in total. The molecule has 0 aliphatic carbocycles. The summed E-state index contributed by atoms with van der Waals surface area (Å²) in [5.74, 6) is 0. The van der Waals surface area contributed by atoms with Gasteiger partial charge in [0.1, 0.15) is 5.65 Å². The van der Waals surface area contributed by atoms with Crippen LogP contribution in [-0.4, -0.2) is 14.4 Å². The molecule has 17 heavy (non-hydrogen) atoms. The van der Waals surface area contributed by atoms with E-state index in [1.807, 2.05) is 41.9 Å². The smallest absolute Gasteiger partial charge is 0.248 e. The van der Waals surface area contributed by atoms with Gasteiger partial charge in [0.2, 0.25) is 5.56 Å². The summed E-state index contributed by atoms with van der Waals surface area (Å²) in [6.45, 7) is 1.90. The predicted octanol–water partition coefficient (Wildman–Crippen LogP) is 2.00. The van der Waals surface area contributed by atoms with Gasteiger partial charge in [0.05, 0.1) is 0 Å². The number of imidazole rings is 1. The van der Waals surface area contributed by atoms with Crippen molar-refractivity contribution < 1.29 is 0 Å². The number of hydrogen-bond donors (Lipinski definition) is 1. The van der Waals surface area contributed by atoms with Crippen molar-refractivity contribution >= 4 is 5.65 Å². The van der Waals surface area contributed by atoms with Crippen LogP contribution in [0, 0.1) is 6.92 Å². The van der Waals surface area contributed by atoms with E-state index in [-0.39, 0.29) is 5.56 Å². The number of rotatable bonds is 1. The lowest BCUT2D eigenvalue weighted by atomic mass is 10.1. The van der Waals surface area contributed by atoms with Crippen LogP contribution in [0.5, 0.6) is 0 Å². The quantitative estimate of drug-likeness (QED) is 0.688. The standard InChI is InChI=1S/C13H11N3O/c1-9-11(3-5-13(17)15-9)10-2-4-12-14-6-7-16(12)8-10/h2-8H,1H3,(H,15,17). The third kappa shape index (κ3) is 1.63. The van der Waals surface area contributed by atoms with Crippen LogP contribution in [0.2, 0.25) is 0 Å². The van der Waals surface area contributed by atoms with Gasteiger partial charge < -0.3 is 9.38 Å². The van der Waals surface area contributed by atoms with Gasteiger partial charge in [0.15, 0.2) is 0 Å². The minimum atomic E-state index is -0.0741. The zero-order valence-electron chi connectivity index (χ0n) is 9.34. The topological polar surface area (TPSA) is 50.2 Å². The molecule has 0 atom stereocenters. The Kier molecular flexibility index (Phi) is 2.08. The summed E-state index contributed by atoms with van der Waals surface area (Å²) >= 11 is 0. The SMILES string of the molecule is Cc1[nH]c(=O)ccc1-c1ccc2nccn2c1. The summed E-state index contributed by atoms with van der Waals surface area (Å²) in [5, 5.41) is 0. The first-order valence-corrected chi connectivity index (χ1v) is 5.37. The van der Waals surface area contributed by atoms with E-state index in [1.165, 1.54) is 0 Å². The molecule has 0 unspecified atom stereocenters. The van der Waals surface area contributed by atoms with Gasteiger partial charge in [-0.15, -0.1) is 0 Å². The molecule has 0 aromatic carbocycles. The number of nitrogens with one attached hydrogen (secondary N) is 1. The van der Waals surface area contributed by atoms with Crippen LogP contribution in [0.25, 0.3) is 16.8 Å². The van der Waals surface area contributed by atoms with Crippen molar-refractivity contribution in [2.45, 2.75) is 6.92 Å². The van der Waals surface area contributed by atoms with Crippen LogP contribution in [0.4, 0.5) is 0 Å². The first-order valence-electron chi connectivity index (χ1n) is 5.37. The molecule has 0 aliphatic heterocycles. The number of aryl methyl sites for hydroxylation is 1. The molecule has 0 amide bonds. The highest BCUT2D eigenvalue weighted by molar-refractivity contribution is 5.66. The Morgan fingerprint density at radius 2 is 2.12 bits per heavy atom. The molecule has 0 saturated heterocycles. The number of aromatic amines is 1. The maximum absolute atomic E-state index is 11.2. The van der Waals surface area contributed by atoms with E-state index in [2.05, 4.69) is 9.97 Å². The molecule has 0 spiro atoms. The summed E-state index contributed by atoms with van der Waals surface area (Å²) in [7, 11) is 0. The number of hydrogen-bond acceptors (Lipinski definition) is 2. The van der Waals surface area contributed by atoms with E-state index in [1.54, 1.807) is 12.3 Å². The maximum Gasteiger partial charge on any atom is 0.248 e. The molecule has 4 nitrogen and oxygen atoms in total. The van der Waals surface area contributed by atoms with Gasteiger partial charge in [0.25, 0.3) is 0 Å². The Bertz CT molecular complexity index is 740. The summed E-state index contributed by atoms with van der Waals surface area (Å²) in [6, 6.07) is 7.34. The maximum atomic E-state index is 11.2. The van der Waals surface area contributed by atoms with Gasteiger partial charge in [0, 0.05) is 41.5 Å². The van der Waals surface area contributed by atoms with Crippen molar-refractivity contribution in [3.63, 3.8) is 0 Å². The van der Waals surface area contributed by atoms with Crippen LogP contribution in [0.15, 0.2) is 47.7 Å². The Labute approximate surface area is 97.6 Å². The fraction of sp³-hybridized carbons (Fsp3) is 0.0769. The summed E-state index contributed by atoms with van der Waals surface area (Å²) in [5.41, 5.74) is 3.80. The van der Waals surface area contributed by atoms with Gasteiger partial charge in [-0.3, -0.25) is 4.79 Å². The van der Waals surface area contributed by atoms with E-state index in [0.29, 0.717) is 0 Å². The van der Waals surface area contributed by atoms with E-state index >= 15 is 0 Å². The van der Waals surface area contributed by atoms with Crippen molar-refractivity contribution in [2.24, 2.45) is 0 Å². The molecule has 4 heteroatoms. The number of nitrogens with zero attached hydrogens (tertiary/aromatic N) is 2.